The van der Waals surface area contributed by atoms with Crippen molar-refractivity contribution in [3.8, 4) is 5.69 Å². The van der Waals surface area contributed by atoms with Crippen molar-refractivity contribution < 1.29 is 23.4 Å². The molecule has 0 bridgehead atoms. The summed E-state index contributed by atoms with van der Waals surface area (Å²) in [7, 11) is 1.62. The van der Waals surface area contributed by atoms with E-state index in [1.54, 1.807) is 25.4 Å². The van der Waals surface area contributed by atoms with Crippen molar-refractivity contribution in [2.45, 2.75) is 50.1 Å². The second kappa shape index (κ2) is 7.87. The predicted octanol–water partition coefficient (Wildman–Crippen LogP) is 5.03. The van der Waals surface area contributed by atoms with Crippen LogP contribution in [-0.2, 0) is 14.9 Å². The summed E-state index contributed by atoms with van der Waals surface area (Å²) in [5.41, 5.74) is 1.56. The number of benzene rings is 1. The molecule has 9 heteroatoms. The fourth-order valence-electron chi connectivity index (χ4n) is 5.37. The number of nitrogens with zero attached hydrogens (tertiary/aromatic N) is 3. The number of carboxylic acid groups (broad SMARTS) is 1. The molecule has 1 unspecified atom stereocenters. The highest BCUT2D eigenvalue weighted by Crippen LogP contribution is 2.50. The molecule has 0 saturated heterocycles. The molecule has 0 radical (unpaired) electrons. The van der Waals surface area contributed by atoms with Crippen LogP contribution in [0.2, 0.25) is 0 Å². The zero-order valence-electron chi connectivity index (χ0n) is 19.2. The molecule has 3 heterocycles. The molecule has 1 aliphatic rings. The average Bonchev–Trinajstić information content (AvgIpc) is 3.48. The molecule has 0 spiro atoms. The van der Waals surface area contributed by atoms with Gasteiger partial charge in [-0.25, -0.2) is 18.6 Å². The Balaban J connectivity index is 1.87. The van der Waals surface area contributed by atoms with E-state index in [9.17, 15) is 14.3 Å². The topological polar surface area (TPSA) is 93.0 Å². The number of aromatic nitrogens is 4. The van der Waals surface area contributed by atoms with Crippen LogP contribution < -0.4 is 0 Å². The van der Waals surface area contributed by atoms with Crippen LogP contribution in [0.25, 0.3) is 27.8 Å². The molecule has 0 amide bonds. The number of hydrogen-bond donors (Lipinski definition) is 2. The number of halogens is 2. The Kier molecular flexibility index (Phi) is 5.20. The first-order valence-corrected chi connectivity index (χ1v) is 11.2. The third-order valence-electron chi connectivity index (χ3n) is 6.86. The molecule has 34 heavy (non-hydrogen) atoms. The zero-order valence-corrected chi connectivity index (χ0v) is 19.2. The lowest BCUT2D eigenvalue weighted by molar-refractivity contribution is -0.150. The number of alkyl halides is 1. The molecular weight excluding hydrogens is 442 g/mol. The smallest absolute Gasteiger partial charge is 0.341 e. The Morgan fingerprint density at radius 1 is 1.35 bits per heavy atom. The van der Waals surface area contributed by atoms with E-state index in [0.717, 1.165) is 27.8 Å². The Labute approximate surface area is 194 Å². The zero-order chi connectivity index (χ0) is 24.3. The SMILES string of the molecule is COCC(C)(C)c1c(C2CC[C@@](F)(C(=O)O)C2)c2nc3[nH]ncc3cc2n1-c1ccc(F)cc1. The monoisotopic (exact) mass is 468 g/mol. The van der Waals surface area contributed by atoms with Gasteiger partial charge in [0.05, 0.1) is 23.8 Å². The van der Waals surface area contributed by atoms with Gasteiger partial charge in [-0.05, 0) is 55.5 Å². The summed E-state index contributed by atoms with van der Waals surface area (Å²) in [5, 5.41) is 17.3. The number of pyridine rings is 1. The van der Waals surface area contributed by atoms with Gasteiger partial charge in [0.2, 0.25) is 5.67 Å². The fraction of sp³-hybridized carbons (Fsp3) is 0.400. The second-order valence-corrected chi connectivity index (χ2v) is 9.77. The summed E-state index contributed by atoms with van der Waals surface area (Å²) in [5.74, 6) is -2.14. The van der Waals surface area contributed by atoms with Crippen LogP contribution in [0.15, 0.2) is 36.5 Å². The van der Waals surface area contributed by atoms with Crippen LogP contribution in [0.5, 0.6) is 0 Å². The maximum absolute atomic E-state index is 15.2. The van der Waals surface area contributed by atoms with Gasteiger partial charge in [0, 0.05) is 34.9 Å². The molecular formula is C25H26F2N4O3. The molecule has 7 nitrogen and oxygen atoms in total. The van der Waals surface area contributed by atoms with E-state index >= 15 is 4.39 Å². The van der Waals surface area contributed by atoms with E-state index in [-0.39, 0.29) is 24.6 Å². The first kappa shape index (κ1) is 22.5. The van der Waals surface area contributed by atoms with Crippen molar-refractivity contribution in [1.82, 2.24) is 19.7 Å². The normalized spacial score (nSPS) is 21.0. The Hall–Kier alpha value is -3.33. The molecule has 1 aromatic carbocycles. The maximum atomic E-state index is 15.2. The van der Waals surface area contributed by atoms with Gasteiger partial charge in [0.1, 0.15) is 5.82 Å². The maximum Gasteiger partial charge on any atom is 0.341 e. The minimum absolute atomic E-state index is 0.0628. The van der Waals surface area contributed by atoms with Crippen molar-refractivity contribution in [2.75, 3.05) is 13.7 Å². The van der Waals surface area contributed by atoms with Crippen LogP contribution in [0, 0.1) is 5.82 Å². The van der Waals surface area contributed by atoms with E-state index in [0.29, 0.717) is 24.2 Å². The quantitative estimate of drug-likeness (QED) is 0.414. The lowest BCUT2D eigenvalue weighted by Gasteiger charge is -2.29. The Morgan fingerprint density at radius 2 is 2.09 bits per heavy atom. The van der Waals surface area contributed by atoms with Crippen molar-refractivity contribution >= 4 is 28.0 Å². The van der Waals surface area contributed by atoms with E-state index in [1.807, 2.05) is 24.5 Å². The van der Waals surface area contributed by atoms with Gasteiger partial charge in [0.15, 0.2) is 5.65 Å². The predicted molar refractivity (Wildman–Crippen MR) is 124 cm³/mol. The van der Waals surface area contributed by atoms with E-state index in [2.05, 4.69) is 10.2 Å². The second-order valence-electron chi connectivity index (χ2n) is 9.77. The molecule has 1 aliphatic carbocycles. The first-order valence-electron chi connectivity index (χ1n) is 11.2. The van der Waals surface area contributed by atoms with Gasteiger partial charge in [-0.1, -0.05) is 13.8 Å². The summed E-state index contributed by atoms with van der Waals surface area (Å²) in [4.78, 5) is 16.5. The van der Waals surface area contributed by atoms with Gasteiger partial charge in [-0.3, -0.25) is 5.10 Å². The van der Waals surface area contributed by atoms with E-state index < -0.39 is 17.1 Å². The largest absolute Gasteiger partial charge is 0.479 e. The standard InChI is InChI=1S/C25H26F2N4O3/c1-24(2,13-34-3)21-19(14-8-9-25(27,11-14)23(32)33)20-18(10-15-12-28-30-22(15)29-20)31(21)17-6-4-16(26)5-7-17/h4-7,10,12,14H,8-9,11,13H2,1-3H3,(H,32,33)(H,28,29,30)/t14?,25-/m0/s1. The summed E-state index contributed by atoms with van der Waals surface area (Å²) >= 11 is 0. The molecule has 1 fully saturated rings. The molecule has 1 saturated carbocycles. The molecule has 2 atom stereocenters. The van der Waals surface area contributed by atoms with Crippen molar-refractivity contribution in [1.29, 1.82) is 0 Å². The van der Waals surface area contributed by atoms with Crippen LogP contribution in [-0.4, -0.2) is 50.2 Å². The Morgan fingerprint density at radius 3 is 2.74 bits per heavy atom. The third-order valence-corrected chi connectivity index (χ3v) is 6.86. The number of methoxy groups -OCH3 is 1. The van der Waals surface area contributed by atoms with Gasteiger partial charge in [-0.15, -0.1) is 0 Å². The summed E-state index contributed by atoms with van der Waals surface area (Å²) in [6.45, 7) is 4.41. The first-order chi connectivity index (χ1) is 16.1. The molecule has 2 N–H and O–H groups in total. The fourth-order valence-corrected chi connectivity index (χ4v) is 5.37. The van der Waals surface area contributed by atoms with Crippen molar-refractivity contribution in [3.05, 3.63) is 53.6 Å². The number of aliphatic carboxylic acids is 1. The number of carbonyl (C=O) groups is 1. The van der Waals surface area contributed by atoms with Gasteiger partial charge < -0.3 is 14.4 Å². The van der Waals surface area contributed by atoms with Crippen LogP contribution in [0.3, 0.4) is 0 Å². The highest BCUT2D eigenvalue weighted by atomic mass is 19.1. The average molecular weight is 469 g/mol. The van der Waals surface area contributed by atoms with Gasteiger partial charge in [0.25, 0.3) is 0 Å². The number of hydrogen-bond acceptors (Lipinski definition) is 4. The van der Waals surface area contributed by atoms with Crippen LogP contribution in [0.4, 0.5) is 8.78 Å². The number of carboxylic acids is 1. The molecule has 4 aromatic rings. The summed E-state index contributed by atoms with van der Waals surface area (Å²) < 4.78 is 36.6. The van der Waals surface area contributed by atoms with Crippen molar-refractivity contribution in [3.63, 3.8) is 0 Å². The number of aromatic amines is 1. The number of fused-ring (bicyclic) bond motifs is 2. The van der Waals surface area contributed by atoms with Gasteiger partial charge in [-0.2, -0.15) is 5.10 Å². The highest BCUT2D eigenvalue weighted by molar-refractivity contribution is 5.94. The highest BCUT2D eigenvalue weighted by Gasteiger charge is 2.49. The number of ether oxygens (including phenoxy) is 1. The van der Waals surface area contributed by atoms with Crippen LogP contribution >= 0.6 is 0 Å². The number of nitrogens with one attached hydrogen (secondary N) is 1. The summed E-state index contributed by atoms with van der Waals surface area (Å²) in [6.07, 6.45) is 1.86. The lowest BCUT2D eigenvalue weighted by Crippen LogP contribution is -2.31. The molecule has 3 aromatic heterocycles. The molecule has 5 rings (SSSR count). The van der Waals surface area contributed by atoms with E-state index in [4.69, 9.17) is 9.72 Å². The Bertz CT molecular complexity index is 1390. The summed E-state index contributed by atoms with van der Waals surface area (Å²) in [6, 6.07) is 8.12. The van der Waals surface area contributed by atoms with Crippen LogP contribution in [0.1, 0.15) is 50.3 Å². The number of H-pyrrole nitrogens is 1. The third kappa shape index (κ3) is 3.46. The minimum Gasteiger partial charge on any atom is -0.479 e. The van der Waals surface area contributed by atoms with Gasteiger partial charge >= 0.3 is 5.97 Å². The molecule has 0 aliphatic heterocycles. The lowest BCUT2D eigenvalue weighted by atomic mass is 9.82. The minimum atomic E-state index is -2.28. The van der Waals surface area contributed by atoms with E-state index in [1.165, 1.54) is 12.1 Å². The van der Waals surface area contributed by atoms with Crippen molar-refractivity contribution in [2.24, 2.45) is 0 Å². The number of rotatable bonds is 6. The molecule has 178 valence electrons.